The number of ketones is 1. The predicted octanol–water partition coefficient (Wildman–Crippen LogP) is 6.00. The van der Waals surface area contributed by atoms with Crippen molar-refractivity contribution < 1.29 is 28.3 Å². The van der Waals surface area contributed by atoms with Crippen molar-refractivity contribution in [1.29, 1.82) is 0 Å². The molecule has 0 aliphatic carbocycles. The number of carbonyl (C=O) groups excluding carboxylic acids is 4. The second-order valence-corrected chi connectivity index (χ2v) is 10.8. The standard InChI is InChI=1S/C28H24FN3O5S/c1-5-21(32-25(34)17-8-6-7-9-18(17)26(32)35)20-14-38-24(30-20)23(33)19-13-31(27(36)37-28(2,3)4)22-12-15(29)10-11-16(19)22/h6-14,21H,5H2,1-4H3/t21-/m1/s1. The van der Waals surface area contributed by atoms with Gasteiger partial charge >= 0.3 is 6.09 Å². The average Bonchev–Trinajstić information content (AvgIpc) is 3.55. The van der Waals surface area contributed by atoms with Gasteiger partial charge in [-0.2, -0.15) is 0 Å². The fourth-order valence-electron chi connectivity index (χ4n) is 4.52. The van der Waals surface area contributed by atoms with Crippen molar-refractivity contribution in [3.05, 3.63) is 87.3 Å². The normalized spacial score (nSPS) is 14.2. The number of halogens is 1. The van der Waals surface area contributed by atoms with E-state index in [9.17, 15) is 23.6 Å². The van der Waals surface area contributed by atoms with Gasteiger partial charge in [0.05, 0.1) is 33.9 Å². The van der Waals surface area contributed by atoms with Crippen molar-refractivity contribution in [2.45, 2.75) is 45.8 Å². The summed E-state index contributed by atoms with van der Waals surface area (Å²) in [6.45, 7) is 6.95. The van der Waals surface area contributed by atoms with E-state index < -0.39 is 41.2 Å². The molecule has 0 saturated heterocycles. The van der Waals surface area contributed by atoms with Gasteiger partial charge in [0.1, 0.15) is 11.4 Å². The molecule has 1 atom stereocenters. The van der Waals surface area contributed by atoms with Gasteiger partial charge in [-0.25, -0.2) is 14.2 Å². The van der Waals surface area contributed by atoms with Crippen LogP contribution in [0.2, 0.25) is 0 Å². The Kier molecular flexibility index (Phi) is 6.22. The van der Waals surface area contributed by atoms with Crippen LogP contribution in [0.15, 0.2) is 54.0 Å². The minimum Gasteiger partial charge on any atom is -0.443 e. The van der Waals surface area contributed by atoms with Gasteiger partial charge in [-0.3, -0.25) is 23.9 Å². The summed E-state index contributed by atoms with van der Waals surface area (Å²) in [4.78, 5) is 58.1. The van der Waals surface area contributed by atoms with E-state index in [0.717, 1.165) is 15.9 Å². The highest BCUT2D eigenvalue weighted by Crippen LogP contribution is 2.34. The van der Waals surface area contributed by atoms with Crippen molar-refractivity contribution in [3.8, 4) is 0 Å². The third-order valence-electron chi connectivity index (χ3n) is 6.18. The molecule has 0 N–H and O–H groups in total. The summed E-state index contributed by atoms with van der Waals surface area (Å²) < 4.78 is 20.6. The van der Waals surface area contributed by atoms with Crippen LogP contribution in [0.1, 0.15) is 81.9 Å². The molecule has 194 valence electrons. The first-order valence-electron chi connectivity index (χ1n) is 12.0. The van der Waals surface area contributed by atoms with E-state index in [0.29, 0.717) is 28.6 Å². The van der Waals surface area contributed by atoms with Gasteiger partial charge in [0.15, 0.2) is 5.01 Å². The lowest BCUT2D eigenvalue weighted by Crippen LogP contribution is -2.34. The molecule has 1 aliphatic heterocycles. The maximum absolute atomic E-state index is 14.1. The van der Waals surface area contributed by atoms with Crippen LogP contribution in [0, 0.1) is 5.82 Å². The van der Waals surface area contributed by atoms with Gasteiger partial charge in [-0.15, -0.1) is 11.3 Å². The molecule has 5 rings (SSSR count). The fourth-order valence-corrected chi connectivity index (χ4v) is 5.33. The third-order valence-corrected chi connectivity index (χ3v) is 7.04. The smallest absolute Gasteiger partial charge is 0.419 e. The Balaban J connectivity index is 1.50. The molecule has 0 radical (unpaired) electrons. The number of fused-ring (bicyclic) bond motifs is 2. The van der Waals surface area contributed by atoms with E-state index in [4.69, 9.17) is 4.74 Å². The summed E-state index contributed by atoms with van der Waals surface area (Å²) in [7, 11) is 0. The molecule has 0 fully saturated rings. The van der Waals surface area contributed by atoms with Crippen LogP contribution in [0.3, 0.4) is 0 Å². The van der Waals surface area contributed by atoms with E-state index >= 15 is 0 Å². The zero-order chi connectivity index (χ0) is 27.4. The van der Waals surface area contributed by atoms with E-state index in [-0.39, 0.29) is 16.1 Å². The lowest BCUT2D eigenvalue weighted by atomic mass is 10.1. The molecule has 0 unspecified atom stereocenters. The Morgan fingerprint density at radius 3 is 2.34 bits per heavy atom. The van der Waals surface area contributed by atoms with Crippen molar-refractivity contribution >= 4 is 45.9 Å². The number of thiazole rings is 1. The van der Waals surface area contributed by atoms with Crippen molar-refractivity contribution in [3.63, 3.8) is 0 Å². The molecule has 4 aromatic rings. The molecular formula is C28H24FN3O5S. The minimum atomic E-state index is -0.797. The number of hydrogen-bond acceptors (Lipinski definition) is 7. The molecule has 3 heterocycles. The Morgan fingerprint density at radius 2 is 1.74 bits per heavy atom. The first-order chi connectivity index (χ1) is 18.0. The van der Waals surface area contributed by atoms with Crippen LogP contribution in [-0.2, 0) is 4.74 Å². The number of imide groups is 1. The average molecular weight is 534 g/mol. The number of rotatable bonds is 5. The predicted molar refractivity (Wildman–Crippen MR) is 139 cm³/mol. The zero-order valence-corrected chi connectivity index (χ0v) is 22.0. The SMILES string of the molecule is CC[C@H](c1csc(C(=O)c2cn(C(=O)OC(C)(C)C)c3cc(F)ccc23)n1)N1C(=O)c2ccccc2C1=O. The van der Waals surface area contributed by atoms with Crippen molar-refractivity contribution in [1.82, 2.24) is 14.5 Å². The van der Waals surface area contributed by atoms with Crippen LogP contribution < -0.4 is 0 Å². The van der Waals surface area contributed by atoms with Gasteiger partial charge in [-0.05, 0) is 57.5 Å². The second kappa shape index (κ2) is 9.29. The van der Waals surface area contributed by atoms with Crippen LogP contribution >= 0.6 is 11.3 Å². The summed E-state index contributed by atoms with van der Waals surface area (Å²) in [6, 6.07) is 9.78. The van der Waals surface area contributed by atoms with Gasteiger partial charge in [0.25, 0.3) is 11.8 Å². The highest BCUT2D eigenvalue weighted by Gasteiger charge is 2.40. The molecule has 10 heteroatoms. The van der Waals surface area contributed by atoms with E-state index in [2.05, 4.69) is 4.98 Å². The molecule has 0 bridgehead atoms. The Bertz CT molecular complexity index is 1600. The Hall–Kier alpha value is -4.18. The monoisotopic (exact) mass is 533 g/mol. The summed E-state index contributed by atoms with van der Waals surface area (Å²) in [6.07, 6.45) is 0.979. The van der Waals surface area contributed by atoms with Crippen molar-refractivity contribution in [2.75, 3.05) is 0 Å². The van der Waals surface area contributed by atoms with E-state index in [1.165, 1.54) is 29.3 Å². The van der Waals surface area contributed by atoms with Gasteiger partial charge in [0.2, 0.25) is 5.78 Å². The molecule has 2 aromatic carbocycles. The van der Waals surface area contributed by atoms with Crippen LogP contribution in [0.4, 0.5) is 9.18 Å². The first-order valence-corrected chi connectivity index (χ1v) is 12.9. The lowest BCUT2D eigenvalue weighted by molar-refractivity contribution is 0.0539. The molecule has 8 nitrogen and oxygen atoms in total. The number of carbonyl (C=O) groups is 4. The quantitative estimate of drug-likeness (QED) is 0.231. The molecule has 1 aliphatic rings. The highest BCUT2D eigenvalue weighted by molar-refractivity contribution is 7.12. The fraction of sp³-hybridized carbons (Fsp3) is 0.250. The maximum atomic E-state index is 14.1. The van der Waals surface area contributed by atoms with Crippen LogP contribution in [0.5, 0.6) is 0 Å². The summed E-state index contributed by atoms with van der Waals surface area (Å²) in [5, 5.41) is 2.13. The molecule has 2 amide bonds. The van der Waals surface area contributed by atoms with Gasteiger partial charge < -0.3 is 4.74 Å². The number of amides is 2. The number of nitrogens with zero attached hydrogens (tertiary/aromatic N) is 3. The number of benzene rings is 2. The summed E-state index contributed by atoms with van der Waals surface area (Å²) >= 11 is 1.07. The van der Waals surface area contributed by atoms with E-state index in [1.54, 1.807) is 50.4 Å². The van der Waals surface area contributed by atoms with Gasteiger partial charge in [0, 0.05) is 17.0 Å². The highest BCUT2D eigenvalue weighted by atomic mass is 32.1. The largest absolute Gasteiger partial charge is 0.443 e. The van der Waals surface area contributed by atoms with Gasteiger partial charge in [-0.1, -0.05) is 19.1 Å². The van der Waals surface area contributed by atoms with Crippen LogP contribution in [-0.4, -0.2) is 43.7 Å². The molecular weight excluding hydrogens is 509 g/mol. The summed E-state index contributed by atoms with van der Waals surface area (Å²) in [5.41, 5.74) is 0.637. The third kappa shape index (κ3) is 4.30. The number of aromatic nitrogens is 2. The maximum Gasteiger partial charge on any atom is 0.419 e. The molecule has 2 aromatic heterocycles. The Morgan fingerprint density at radius 1 is 1.08 bits per heavy atom. The van der Waals surface area contributed by atoms with Crippen LogP contribution in [0.25, 0.3) is 10.9 Å². The van der Waals surface area contributed by atoms with E-state index in [1.807, 2.05) is 6.92 Å². The Labute approximate surface area is 221 Å². The minimum absolute atomic E-state index is 0.114. The lowest BCUT2D eigenvalue weighted by Gasteiger charge is -2.23. The molecule has 0 spiro atoms. The topological polar surface area (TPSA) is 98.6 Å². The molecule has 0 saturated carbocycles. The zero-order valence-electron chi connectivity index (χ0n) is 21.1. The molecule has 38 heavy (non-hydrogen) atoms. The second-order valence-electron chi connectivity index (χ2n) is 9.91. The van der Waals surface area contributed by atoms with Crippen molar-refractivity contribution in [2.24, 2.45) is 0 Å². The number of hydrogen-bond donors (Lipinski definition) is 0. The number of ether oxygens (including phenoxy) is 1. The first kappa shape index (κ1) is 25.5. The summed E-state index contributed by atoms with van der Waals surface area (Å²) in [5.74, 6) is -1.85.